The molecule has 1 rings (SSSR count). The maximum atomic E-state index is 11.6. The van der Waals surface area contributed by atoms with E-state index in [1.807, 2.05) is 0 Å². The monoisotopic (exact) mass is 332 g/mol. The van der Waals surface area contributed by atoms with Crippen molar-refractivity contribution in [1.82, 2.24) is 9.55 Å². The van der Waals surface area contributed by atoms with Gasteiger partial charge >= 0.3 is 11.7 Å². The number of aliphatic hydroxyl groups excluding tert-OH is 1. The fraction of sp³-hybridized carbons (Fsp3) is 0.583. The van der Waals surface area contributed by atoms with Crippen LogP contribution >= 0.6 is 0 Å². The number of nitrogens with two attached hydrogens (primary N) is 1. The third-order valence-corrected chi connectivity index (χ3v) is 3.03. The van der Waals surface area contributed by atoms with Gasteiger partial charge in [-0.15, -0.1) is 0 Å². The number of hydrogen-bond acceptors (Lipinski definition) is 10. The van der Waals surface area contributed by atoms with E-state index >= 15 is 0 Å². The van der Waals surface area contributed by atoms with Crippen molar-refractivity contribution in [3.05, 3.63) is 22.7 Å². The van der Waals surface area contributed by atoms with E-state index in [1.165, 1.54) is 23.8 Å². The molecule has 0 fully saturated rings. The van der Waals surface area contributed by atoms with Gasteiger partial charge in [0.2, 0.25) is 0 Å². The average molecular weight is 332 g/mol. The lowest BCUT2D eigenvalue weighted by Gasteiger charge is -2.17. The molecule has 0 saturated heterocycles. The first kappa shape index (κ1) is 19.0. The van der Waals surface area contributed by atoms with Crippen molar-refractivity contribution in [2.75, 3.05) is 12.1 Å². The summed E-state index contributed by atoms with van der Waals surface area (Å²) in [6, 6.07) is 0.178. The number of carbonyl (C=O) groups excluding carboxylic acids is 1. The molecule has 0 spiro atoms. The first-order chi connectivity index (χ1) is 10.9. The van der Waals surface area contributed by atoms with Crippen molar-refractivity contribution >= 4 is 11.8 Å². The molecule has 0 aromatic carbocycles. The summed E-state index contributed by atoms with van der Waals surface area (Å²) in [5.74, 6) is -0.832. The molecule has 0 aliphatic heterocycles. The second kappa shape index (κ2) is 9.17. The van der Waals surface area contributed by atoms with Crippen LogP contribution in [0.15, 0.2) is 17.1 Å². The van der Waals surface area contributed by atoms with Crippen LogP contribution in [0.3, 0.4) is 0 Å². The van der Waals surface area contributed by atoms with Crippen molar-refractivity contribution in [2.45, 2.75) is 38.1 Å². The zero-order valence-electron chi connectivity index (χ0n) is 12.5. The third-order valence-electron chi connectivity index (χ3n) is 3.03. The smallest absolute Gasteiger partial charge is 0.349 e. The Morgan fingerprint density at radius 3 is 2.78 bits per heavy atom. The minimum absolute atomic E-state index is 0.00208. The summed E-state index contributed by atoms with van der Waals surface area (Å²) >= 11 is 0. The molecule has 1 heterocycles. The average Bonchev–Trinajstić information content (AvgIpc) is 2.54. The Morgan fingerprint density at radius 1 is 1.57 bits per heavy atom. The van der Waals surface area contributed by atoms with Crippen LogP contribution in [0.25, 0.3) is 0 Å². The molecule has 0 saturated carbocycles. The van der Waals surface area contributed by atoms with Crippen LogP contribution in [0.2, 0.25) is 0 Å². The summed E-state index contributed by atoms with van der Waals surface area (Å²) in [5, 5.41) is 26.6. The Morgan fingerprint density at radius 2 is 2.26 bits per heavy atom. The van der Waals surface area contributed by atoms with Gasteiger partial charge in [0.25, 0.3) is 0 Å². The highest BCUT2D eigenvalue weighted by Gasteiger charge is 2.22. The van der Waals surface area contributed by atoms with E-state index in [9.17, 15) is 9.59 Å². The number of carbonyl (C=O) groups is 1. The van der Waals surface area contributed by atoms with Gasteiger partial charge in [0.05, 0.1) is 6.10 Å². The quantitative estimate of drug-likeness (QED) is 0.205. The molecule has 0 aliphatic rings. The number of aryl methyl sites for hydroxylation is 1. The highest BCUT2D eigenvalue weighted by molar-refractivity contribution is 5.76. The topological polar surface area (TPSA) is 169 Å². The molecule has 0 amide bonds. The number of hydrogen-bond donors (Lipinski definition) is 5. The lowest BCUT2D eigenvalue weighted by Crippen LogP contribution is -2.42. The minimum Gasteiger partial charge on any atom is -0.462 e. The number of anilines is 1. The zero-order chi connectivity index (χ0) is 17.4. The highest BCUT2D eigenvalue weighted by atomic mass is 17.1. The van der Waals surface area contributed by atoms with Crippen molar-refractivity contribution in [2.24, 2.45) is 5.73 Å². The van der Waals surface area contributed by atoms with Gasteiger partial charge in [-0.3, -0.25) is 25.3 Å². The molecule has 3 unspecified atom stereocenters. The summed E-state index contributed by atoms with van der Waals surface area (Å²) in [4.78, 5) is 30.8. The normalized spacial score (nSPS) is 14.8. The molecule has 6 N–H and O–H groups in total. The Balaban J connectivity index is 2.51. The predicted octanol–water partition coefficient (Wildman–Crippen LogP) is -1.46. The lowest BCUT2D eigenvalue weighted by atomic mass is 10.2. The van der Waals surface area contributed by atoms with Gasteiger partial charge in [0.15, 0.2) is 5.82 Å². The summed E-state index contributed by atoms with van der Waals surface area (Å²) in [5.41, 5.74) is 6.52. The molecule has 11 heteroatoms. The molecule has 1 aromatic rings. The van der Waals surface area contributed by atoms with Gasteiger partial charge in [-0.25, -0.2) is 9.68 Å². The largest absolute Gasteiger partial charge is 0.462 e. The Hall–Kier alpha value is -2.05. The Kier molecular flexibility index (Phi) is 7.57. The second-order valence-electron chi connectivity index (χ2n) is 4.81. The number of esters is 1. The van der Waals surface area contributed by atoms with Crippen molar-refractivity contribution in [1.29, 1.82) is 0 Å². The first-order valence-electron chi connectivity index (χ1n) is 6.77. The summed E-state index contributed by atoms with van der Waals surface area (Å²) in [6.07, 6.45) is -0.430. The summed E-state index contributed by atoms with van der Waals surface area (Å²) in [7, 11) is 0. The fourth-order valence-electron chi connectivity index (χ4n) is 1.58. The zero-order valence-corrected chi connectivity index (χ0v) is 12.5. The SMILES string of the molecule is CC(O)C(N)C(=O)OCC(CCn1ccc(NO)nc1=O)OO. The molecule has 0 bridgehead atoms. The number of aliphatic hydroxyl groups is 1. The number of aromatic nitrogens is 2. The van der Waals surface area contributed by atoms with Crippen LogP contribution in [-0.2, 0) is 21.0 Å². The molecule has 130 valence electrons. The Bertz CT molecular complexity index is 563. The molecular weight excluding hydrogens is 312 g/mol. The Labute approximate surface area is 131 Å². The first-order valence-corrected chi connectivity index (χ1v) is 6.77. The molecule has 3 atom stereocenters. The van der Waals surface area contributed by atoms with Gasteiger partial charge in [-0.05, 0) is 19.4 Å². The van der Waals surface area contributed by atoms with Gasteiger partial charge in [0.1, 0.15) is 18.8 Å². The van der Waals surface area contributed by atoms with E-state index < -0.39 is 29.9 Å². The second-order valence-corrected chi connectivity index (χ2v) is 4.81. The van der Waals surface area contributed by atoms with Crippen molar-refractivity contribution in [3.63, 3.8) is 0 Å². The number of rotatable bonds is 9. The van der Waals surface area contributed by atoms with E-state index in [-0.39, 0.29) is 25.4 Å². The van der Waals surface area contributed by atoms with E-state index in [1.54, 1.807) is 5.48 Å². The van der Waals surface area contributed by atoms with E-state index in [0.29, 0.717) is 0 Å². The number of ether oxygens (including phenoxy) is 1. The van der Waals surface area contributed by atoms with Gasteiger partial charge in [-0.1, -0.05) is 0 Å². The van der Waals surface area contributed by atoms with Crippen LogP contribution in [-0.4, -0.2) is 55.9 Å². The van der Waals surface area contributed by atoms with Crippen LogP contribution in [0.5, 0.6) is 0 Å². The summed E-state index contributed by atoms with van der Waals surface area (Å²) in [6.45, 7) is 1.17. The highest BCUT2D eigenvalue weighted by Crippen LogP contribution is 2.03. The van der Waals surface area contributed by atoms with Crippen molar-refractivity contribution < 1.29 is 30.0 Å². The maximum absolute atomic E-state index is 11.6. The molecule has 0 aliphatic carbocycles. The van der Waals surface area contributed by atoms with Crippen LogP contribution in [0, 0.1) is 0 Å². The lowest BCUT2D eigenvalue weighted by molar-refractivity contribution is -0.287. The molecule has 11 nitrogen and oxygen atoms in total. The maximum Gasteiger partial charge on any atom is 0.349 e. The van der Waals surface area contributed by atoms with E-state index in [2.05, 4.69) is 9.87 Å². The minimum atomic E-state index is -1.19. The van der Waals surface area contributed by atoms with Gasteiger partial charge in [-0.2, -0.15) is 4.98 Å². The standard InChI is InChI=1S/C12H20N4O7/c1-7(17)10(13)11(18)22-6-8(23-21)2-4-16-5-3-9(15-20)14-12(16)19/h3,5,7-8,10,17,20-21H,2,4,6,13H2,1H3,(H,14,15,19). The number of nitrogens with zero attached hydrogens (tertiary/aromatic N) is 2. The van der Waals surface area contributed by atoms with Crippen LogP contribution in [0.1, 0.15) is 13.3 Å². The van der Waals surface area contributed by atoms with Crippen molar-refractivity contribution in [3.8, 4) is 0 Å². The van der Waals surface area contributed by atoms with Crippen LogP contribution in [0.4, 0.5) is 5.82 Å². The molecule has 0 radical (unpaired) electrons. The fourth-order valence-corrected chi connectivity index (χ4v) is 1.58. The molecule has 23 heavy (non-hydrogen) atoms. The number of nitrogens with one attached hydrogen (secondary N) is 1. The molecular formula is C12H20N4O7. The predicted molar refractivity (Wildman–Crippen MR) is 76.6 cm³/mol. The van der Waals surface area contributed by atoms with E-state index in [0.717, 1.165) is 0 Å². The van der Waals surface area contributed by atoms with Gasteiger partial charge in [0, 0.05) is 12.7 Å². The summed E-state index contributed by atoms with van der Waals surface area (Å²) < 4.78 is 6.04. The van der Waals surface area contributed by atoms with Gasteiger partial charge < -0.3 is 15.6 Å². The molecule has 1 aromatic heterocycles. The van der Waals surface area contributed by atoms with E-state index in [4.69, 9.17) is 26.0 Å². The third kappa shape index (κ3) is 5.92. The van der Waals surface area contributed by atoms with Crippen LogP contribution < -0.4 is 16.9 Å².